The van der Waals surface area contributed by atoms with Gasteiger partial charge in [0, 0.05) is 18.2 Å². The number of halogens is 1. The van der Waals surface area contributed by atoms with Crippen molar-refractivity contribution in [1.29, 1.82) is 0 Å². The van der Waals surface area contributed by atoms with Gasteiger partial charge in [-0.3, -0.25) is 4.79 Å². The fourth-order valence-electron chi connectivity index (χ4n) is 1.87. The van der Waals surface area contributed by atoms with Gasteiger partial charge in [0.1, 0.15) is 0 Å². The van der Waals surface area contributed by atoms with E-state index in [2.05, 4.69) is 21.2 Å². The zero-order valence-electron chi connectivity index (χ0n) is 10.5. The largest absolute Gasteiger partial charge is 0.490 e. The molecule has 104 valence electrons. The maximum Gasteiger partial charge on any atom is 0.265 e. The Hall–Kier alpha value is -1.53. The first-order valence-corrected chi connectivity index (χ1v) is 7.80. The summed E-state index contributed by atoms with van der Waals surface area (Å²) in [6.07, 6.45) is 0.861. The second-order valence-electron chi connectivity index (χ2n) is 4.27. The Labute approximate surface area is 128 Å². The van der Waals surface area contributed by atoms with Gasteiger partial charge in [0.2, 0.25) is 0 Å². The van der Waals surface area contributed by atoms with E-state index in [1.165, 1.54) is 11.3 Å². The maximum atomic E-state index is 12.1. The van der Waals surface area contributed by atoms with Crippen molar-refractivity contribution >= 4 is 38.9 Å². The molecule has 0 saturated heterocycles. The van der Waals surface area contributed by atoms with Crippen LogP contribution in [0.4, 0.5) is 5.69 Å². The second kappa shape index (κ2) is 5.85. The molecule has 0 aliphatic carbocycles. The predicted molar refractivity (Wildman–Crippen MR) is 82.0 cm³/mol. The molecule has 1 aliphatic heterocycles. The Balaban J connectivity index is 1.77. The molecule has 0 radical (unpaired) electrons. The summed E-state index contributed by atoms with van der Waals surface area (Å²) in [5.74, 6) is 1.27. The van der Waals surface area contributed by atoms with Crippen LogP contribution in [0.25, 0.3) is 0 Å². The lowest BCUT2D eigenvalue weighted by Gasteiger charge is -2.09. The minimum Gasteiger partial charge on any atom is -0.490 e. The molecule has 0 atom stereocenters. The number of hydrogen-bond donors (Lipinski definition) is 1. The fourth-order valence-corrected chi connectivity index (χ4v) is 3.15. The molecule has 2 aromatic rings. The van der Waals surface area contributed by atoms with E-state index < -0.39 is 0 Å². The summed E-state index contributed by atoms with van der Waals surface area (Å²) in [6.45, 7) is 1.28. The Bertz CT molecular complexity index is 641. The first-order chi connectivity index (χ1) is 9.72. The van der Waals surface area contributed by atoms with Crippen molar-refractivity contribution in [2.24, 2.45) is 0 Å². The van der Waals surface area contributed by atoms with Gasteiger partial charge >= 0.3 is 0 Å². The van der Waals surface area contributed by atoms with Gasteiger partial charge < -0.3 is 14.8 Å². The standard InChI is InChI=1S/C14H12BrNO3S/c15-13-5-4-12(20-13)14(17)16-9-2-3-10-11(8-9)19-7-1-6-18-10/h2-5,8H,1,6-7H2,(H,16,17). The van der Waals surface area contributed by atoms with E-state index in [0.717, 1.165) is 16.0 Å². The Morgan fingerprint density at radius 1 is 1.15 bits per heavy atom. The first kappa shape index (κ1) is 13.5. The van der Waals surface area contributed by atoms with Crippen molar-refractivity contribution in [3.8, 4) is 11.5 Å². The summed E-state index contributed by atoms with van der Waals surface area (Å²) in [5, 5.41) is 2.86. The minimum atomic E-state index is -0.129. The van der Waals surface area contributed by atoms with Crippen LogP contribution >= 0.6 is 27.3 Å². The molecule has 0 saturated carbocycles. The van der Waals surface area contributed by atoms with E-state index in [1.807, 2.05) is 18.2 Å². The van der Waals surface area contributed by atoms with Gasteiger partial charge in [-0.15, -0.1) is 11.3 Å². The van der Waals surface area contributed by atoms with Crippen LogP contribution < -0.4 is 14.8 Å². The lowest BCUT2D eigenvalue weighted by molar-refractivity contribution is 0.103. The van der Waals surface area contributed by atoms with Gasteiger partial charge in [0.05, 0.1) is 21.9 Å². The molecule has 20 heavy (non-hydrogen) atoms. The molecule has 0 bridgehead atoms. The van der Waals surface area contributed by atoms with Crippen LogP contribution in [0.3, 0.4) is 0 Å². The summed E-state index contributed by atoms with van der Waals surface area (Å²) in [4.78, 5) is 12.7. The van der Waals surface area contributed by atoms with E-state index in [4.69, 9.17) is 9.47 Å². The third-order valence-corrected chi connectivity index (χ3v) is 4.42. The van der Waals surface area contributed by atoms with Crippen LogP contribution in [0.1, 0.15) is 16.1 Å². The summed E-state index contributed by atoms with van der Waals surface area (Å²) >= 11 is 4.74. The van der Waals surface area contributed by atoms with Crippen LogP contribution in [-0.2, 0) is 0 Å². The molecule has 1 aromatic heterocycles. The summed E-state index contributed by atoms with van der Waals surface area (Å²) in [5.41, 5.74) is 0.698. The number of hydrogen-bond acceptors (Lipinski definition) is 4. The number of fused-ring (bicyclic) bond motifs is 1. The number of thiophene rings is 1. The summed E-state index contributed by atoms with van der Waals surface area (Å²) in [7, 11) is 0. The normalized spacial score (nSPS) is 13.7. The summed E-state index contributed by atoms with van der Waals surface area (Å²) < 4.78 is 12.1. The van der Waals surface area contributed by atoms with Gasteiger partial charge in [0.25, 0.3) is 5.91 Å². The third-order valence-electron chi connectivity index (χ3n) is 2.80. The van der Waals surface area contributed by atoms with Crippen molar-refractivity contribution in [1.82, 2.24) is 0 Å². The molecule has 1 N–H and O–H groups in total. The van der Waals surface area contributed by atoms with Crippen molar-refractivity contribution in [3.05, 3.63) is 39.0 Å². The highest BCUT2D eigenvalue weighted by Gasteiger charge is 2.13. The van der Waals surface area contributed by atoms with Gasteiger partial charge in [0.15, 0.2) is 11.5 Å². The topological polar surface area (TPSA) is 47.6 Å². The molecule has 6 heteroatoms. The zero-order chi connectivity index (χ0) is 13.9. The average Bonchev–Trinajstić information content (AvgIpc) is 2.74. The van der Waals surface area contributed by atoms with Crippen LogP contribution in [0, 0.1) is 0 Å². The monoisotopic (exact) mass is 353 g/mol. The number of amides is 1. The number of ether oxygens (including phenoxy) is 2. The molecule has 0 fully saturated rings. The Morgan fingerprint density at radius 2 is 1.95 bits per heavy atom. The number of benzene rings is 1. The van der Waals surface area contributed by atoms with E-state index in [0.29, 0.717) is 29.5 Å². The molecule has 0 spiro atoms. The molecule has 1 aromatic carbocycles. The number of nitrogens with one attached hydrogen (secondary N) is 1. The van der Waals surface area contributed by atoms with Crippen molar-refractivity contribution in [2.45, 2.75) is 6.42 Å². The fraction of sp³-hybridized carbons (Fsp3) is 0.214. The molecule has 1 aliphatic rings. The number of rotatable bonds is 2. The number of carbonyl (C=O) groups is 1. The highest BCUT2D eigenvalue weighted by atomic mass is 79.9. The van der Waals surface area contributed by atoms with E-state index >= 15 is 0 Å². The second-order valence-corrected chi connectivity index (χ2v) is 6.73. The molecular weight excluding hydrogens is 342 g/mol. The van der Waals surface area contributed by atoms with Crippen LogP contribution in [-0.4, -0.2) is 19.1 Å². The van der Waals surface area contributed by atoms with Crippen LogP contribution in [0.15, 0.2) is 34.1 Å². The molecule has 3 rings (SSSR count). The highest BCUT2D eigenvalue weighted by molar-refractivity contribution is 9.11. The number of carbonyl (C=O) groups excluding carboxylic acids is 1. The molecule has 2 heterocycles. The molecule has 4 nitrogen and oxygen atoms in total. The lowest BCUT2D eigenvalue weighted by atomic mass is 10.2. The van der Waals surface area contributed by atoms with Gasteiger partial charge in [-0.05, 0) is 40.2 Å². The molecule has 0 unspecified atom stereocenters. The Morgan fingerprint density at radius 3 is 2.70 bits per heavy atom. The van der Waals surface area contributed by atoms with Crippen molar-refractivity contribution < 1.29 is 14.3 Å². The van der Waals surface area contributed by atoms with Crippen molar-refractivity contribution in [3.63, 3.8) is 0 Å². The van der Waals surface area contributed by atoms with Crippen molar-refractivity contribution in [2.75, 3.05) is 18.5 Å². The predicted octanol–water partition coefficient (Wildman–Crippen LogP) is 3.92. The lowest BCUT2D eigenvalue weighted by Crippen LogP contribution is -2.10. The minimum absolute atomic E-state index is 0.129. The van der Waals surface area contributed by atoms with Gasteiger partial charge in [-0.1, -0.05) is 0 Å². The molecular formula is C14H12BrNO3S. The maximum absolute atomic E-state index is 12.1. The van der Waals surface area contributed by atoms with Gasteiger partial charge in [-0.2, -0.15) is 0 Å². The van der Waals surface area contributed by atoms with E-state index in [9.17, 15) is 4.79 Å². The summed E-state index contributed by atoms with van der Waals surface area (Å²) in [6, 6.07) is 9.07. The molecule has 1 amide bonds. The quantitative estimate of drug-likeness (QED) is 0.889. The van der Waals surface area contributed by atoms with Crippen LogP contribution in [0.2, 0.25) is 0 Å². The third kappa shape index (κ3) is 2.96. The van der Waals surface area contributed by atoms with Gasteiger partial charge in [-0.25, -0.2) is 0 Å². The zero-order valence-corrected chi connectivity index (χ0v) is 12.9. The smallest absolute Gasteiger partial charge is 0.265 e. The highest BCUT2D eigenvalue weighted by Crippen LogP contribution is 2.32. The van der Waals surface area contributed by atoms with E-state index in [-0.39, 0.29) is 5.91 Å². The van der Waals surface area contributed by atoms with E-state index in [1.54, 1.807) is 12.1 Å². The number of anilines is 1. The Kier molecular flexibility index (Phi) is 3.93. The SMILES string of the molecule is O=C(Nc1ccc2c(c1)OCCCO2)c1ccc(Br)s1. The average molecular weight is 354 g/mol. The first-order valence-electron chi connectivity index (χ1n) is 6.19. The van der Waals surface area contributed by atoms with Crippen LogP contribution in [0.5, 0.6) is 11.5 Å².